The number of likely N-dealkylation sites (N-methyl/N-ethyl adjacent to an activating group) is 1. The molecule has 204 valence electrons. The molecule has 2 aliphatic heterocycles. The highest BCUT2D eigenvalue weighted by molar-refractivity contribution is 6.31. The van der Waals surface area contributed by atoms with E-state index in [1.165, 1.54) is 18.1 Å². The fourth-order valence-corrected chi connectivity index (χ4v) is 5.54. The molecular formula is C30H27ClN4O5. The van der Waals surface area contributed by atoms with Crippen molar-refractivity contribution in [2.24, 2.45) is 0 Å². The number of benzene rings is 2. The molecule has 0 spiro atoms. The number of pyridine rings is 1. The third kappa shape index (κ3) is 4.47. The molecule has 1 atom stereocenters. The van der Waals surface area contributed by atoms with Crippen LogP contribution >= 0.6 is 11.6 Å². The molecule has 40 heavy (non-hydrogen) atoms. The number of hydrogen-bond donors (Lipinski definition) is 1. The van der Waals surface area contributed by atoms with Gasteiger partial charge in [-0.15, -0.1) is 0 Å². The van der Waals surface area contributed by atoms with Crippen molar-refractivity contribution < 1.29 is 23.8 Å². The number of piperazine rings is 1. The number of methoxy groups -OCH3 is 1. The van der Waals surface area contributed by atoms with Crippen molar-refractivity contribution in [3.8, 4) is 5.75 Å². The number of carbonyl (C=O) groups excluding carboxylic acids is 2. The van der Waals surface area contributed by atoms with Crippen molar-refractivity contribution in [2.45, 2.75) is 6.04 Å². The quantitative estimate of drug-likeness (QED) is 0.329. The van der Waals surface area contributed by atoms with Crippen molar-refractivity contribution in [2.75, 3.05) is 50.1 Å². The number of anilines is 2. The molecule has 1 fully saturated rings. The highest BCUT2D eigenvalue weighted by atomic mass is 35.5. The number of aliphatic hydroxyl groups is 1. The molecule has 1 amide bonds. The normalized spacial score (nSPS) is 18.2. The molecule has 1 saturated heterocycles. The number of Topliss-reactive ketones (excluding diaryl/α,β-unsaturated/α-hetero) is 1. The SMILES string of the molecule is COc1cc(Cl)cc2cc(C(=O)C3=C(O)C(=O)N(c4ccc(N5CCN(C)CC5)cc4)C3c3cccnc3)oc12. The van der Waals surface area contributed by atoms with Crippen LogP contribution in [0.1, 0.15) is 22.2 Å². The van der Waals surface area contributed by atoms with Crippen LogP contribution in [-0.2, 0) is 4.79 Å². The molecule has 9 nitrogen and oxygen atoms in total. The van der Waals surface area contributed by atoms with E-state index in [-0.39, 0.29) is 11.3 Å². The molecule has 0 radical (unpaired) electrons. The van der Waals surface area contributed by atoms with E-state index >= 15 is 0 Å². The molecule has 0 saturated carbocycles. The molecule has 2 aromatic carbocycles. The van der Waals surface area contributed by atoms with Gasteiger partial charge in [-0.2, -0.15) is 0 Å². The summed E-state index contributed by atoms with van der Waals surface area (Å²) in [7, 11) is 3.58. The lowest BCUT2D eigenvalue weighted by molar-refractivity contribution is -0.117. The molecule has 4 heterocycles. The predicted octanol–water partition coefficient (Wildman–Crippen LogP) is 5.02. The molecule has 2 aliphatic rings. The van der Waals surface area contributed by atoms with Crippen LogP contribution < -0.4 is 14.5 Å². The number of ether oxygens (including phenoxy) is 1. The van der Waals surface area contributed by atoms with Crippen molar-refractivity contribution in [3.63, 3.8) is 0 Å². The van der Waals surface area contributed by atoms with Crippen molar-refractivity contribution in [1.82, 2.24) is 9.88 Å². The van der Waals surface area contributed by atoms with E-state index in [9.17, 15) is 14.7 Å². The Labute approximate surface area is 235 Å². The molecule has 10 heteroatoms. The summed E-state index contributed by atoms with van der Waals surface area (Å²) in [5.74, 6) is -1.61. The number of hydrogen-bond acceptors (Lipinski definition) is 8. The highest BCUT2D eigenvalue weighted by Gasteiger charge is 2.45. The Morgan fingerprint density at radius 2 is 1.80 bits per heavy atom. The van der Waals surface area contributed by atoms with Crippen molar-refractivity contribution in [3.05, 3.63) is 94.7 Å². The average Bonchev–Trinajstić information content (AvgIpc) is 3.52. The largest absolute Gasteiger partial charge is 0.503 e. The zero-order valence-electron chi connectivity index (χ0n) is 22.0. The summed E-state index contributed by atoms with van der Waals surface area (Å²) in [6, 6.07) is 14.9. The second-order valence-electron chi connectivity index (χ2n) is 9.90. The molecule has 1 unspecified atom stereocenters. The number of ketones is 1. The second kappa shape index (κ2) is 10.3. The second-order valence-corrected chi connectivity index (χ2v) is 10.3. The number of nitrogens with zero attached hydrogens (tertiary/aromatic N) is 4. The third-order valence-electron chi connectivity index (χ3n) is 7.44. The van der Waals surface area contributed by atoms with E-state index in [1.54, 1.807) is 36.7 Å². The van der Waals surface area contributed by atoms with E-state index in [0.717, 1.165) is 31.9 Å². The Morgan fingerprint density at radius 3 is 2.48 bits per heavy atom. The van der Waals surface area contributed by atoms with Gasteiger partial charge in [0.2, 0.25) is 5.78 Å². The molecule has 6 rings (SSSR count). The molecule has 1 N–H and O–H groups in total. The summed E-state index contributed by atoms with van der Waals surface area (Å²) in [5, 5.41) is 12.1. The number of furan rings is 1. The van der Waals surface area contributed by atoms with Gasteiger partial charge in [-0.25, -0.2) is 0 Å². The summed E-state index contributed by atoms with van der Waals surface area (Å²) < 4.78 is 11.2. The Morgan fingerprint density at radius 1 is 1.07 bits per heavy atom. The first kappa shape index (κ1) is 25.9. The first-order valence-electron chi connectivity index (χ1n) is 12.9. The van der Waals surface area contributed by atoms with Gasteiger partial charge in [-0.3, -0.25) is 19.5 Å². The number of amides is 1. The predicted molar refractivity (Wildman–Crippen MR) is 152 cm³/mol. The van der Waals surface area contributed by atoms with Gasteiger partial charge < -0.3 is 24.1 Å². The standard InChI is InChI=1S/C30H27ClN4O5/c1-33-10-12-34(13-11-33)21-5-7-22(8-6-21)35-26(18-4-3-9-32-17-18)25(28(37)30(35)38)27(36)23-15-19-14-20(31)16-24(39-2)29(19)40-23/h3-9,14-17,26,37H,10-13H2,1-2H3. The highest BCUT2D eigenvalue weighted by Crippen LogP contribution is 2.43. The number of carbonyl (C=O) groups is 2. The van der Waals surface area contributed by atoms with Crippen molar-refractivity contribution in [1.29, 1.82) is 0 Å². The maximum absolute atomic E-state index is 13.9. The zero-order chi connectivity index (χ0) is 28.0. The van der Waals surface area contributed by atoms with Crippen molar-refractivity contribution >= 4 is 45.6 Å². The molecular weight excluding hydrogens is 532 g/mol. The lowest BCUT2D eigenvalue weighted by Crippen LogP contribution is -2.44. The number of aromatic nitrogens is 1. The average molecular weight is 559 g/mol. The smallest absolute Gasteiger partial charge is 0.294 e. The summed E-state index contributed by atoms with van der Waals surface area (Å²) in [6.45, 7) is 3.76. The fourth-order valence-electron chi connectivity index (χ4n) is 5.33. The van der Waals surface area contributed by atoms with E-state index in [4.69, 9.17) is 20.8 Å². The third-order valence-corrected chi connectivity index (χ3v) is 7.66. The minimum absolute atomic E-state index is 0.0499. The Hall–Kier alpha value is -4.34. The summed E-state index contributed by atoms with van der Waals surface area (Å²) in [6.07, 6.45) is 3.19. The molecule has 0 aliphatic carbocycles. The van der Waals surface area contributed by atoms with Crippen LogP contribution in [0, 0.1) is 0 Å². The maximum Gasteiger partial charge on any atom is 0.294 e. The topological polar surface area (TPSA) is 99.3 Å². The van der Waals surface area contributed by atoms with Crippen LogP contribution in [0.5, 0.6) is 5.75 Å². The van der Waals surface area contributed by atoms with Gasteiger partial charge in [-0.05, 0) is 55.1 Å². The fraction of sp³-hybridized carbons (Fsp3) is 0.233. The molecule has 0 bridgehead atoms. The molecule has 2 aromatic heterocycles. The van der Waals surface area contributed by atoms with Gasteiger partial charge in [0.05, 0.1) is 18.7 Å². The summed E-state index contributed by atoms with van der Waals surface area (Å²) >= 11 is 6.20. The van der Waals surface area contributed by atoms with E-state index in [0.29, 0.717) is 33.0 Å². The number of aliphatic hydroxyl groups excluding tert-OH is 1. The van der Waals surface area contributed by atoms with Gasteiger partial charge >= 0.3 is 0 Å². The Kier molecular flexibility index (Phi) is 6.69. The van der Waals surface area contributed by atoms with E-state index in [1.807, 2.05) is 24.3 Å². The van der Waals surface area contributed by atoms with Crippen LogP contribution in [-0.4, -0.2) is 67.0 Å². The van der Waals surface area contributed by atoms with E-state index < -0.39 is 23.5 Å². The van der Waals surface area contributed by atoms with Gasteiger partial charge in [0.1, 0.15) is 0 Å². The van der Waals surface area contributed by atoms with Gasteiger partial charge in [0.15, 0.2) is 22.9 Å². The lowest BCUT2D eigenvalue weighted by Gasteiger charge is -2.34. The number of fused-ring (bicyclic) bond motifs is 1. The lowest BCUT2D eigenvalue weighted by atomic mass is 9.96. The molecule has 4 aromatic rings. The maximum atomic E-state index is 13.9. The van der Waals surface area contributed by atoms with Gasteiger partial charge in [-0.1, -0.05) is 17.7 Å². The zero-order valence-corrected chi connectivity index (χ0v) is 22.8. The number of rotatable bonds is 6. The van der Waals surface area contributed by atoms with Crippen LogP contribution in [0.25, 0.3) is 11.0 Å². The summed E-state index contributed by atoms with van der Waals surface area (Å²) in [4.78, 5) is 37.7. The first-order valence-corrected chi connectivity index (χ1v) is 13.3. The minimum atomic E-state index is -0.915. The first-order chi connectivity index (χ1) is 19.4. The van der Waals surface area contributed by atoms with Gasteiger partial charge in [0, 0.05) is 66.4 Å². The van der Waals surface area contributed by atoms with Crippen LogP contribution in [0.15, 0.2) is 82.7 Å². The number of halogens is 1. The van der Waals surface area contributed by atoms with Crippen LogP contribution in [0.3, 0.4) is 0 Å². The van der Waals surface area contributed by atoms with Crippen LogP contribution in [0.2, 0.25) is 5.02 Å². The Balaban J connectivity index is 1.39. The van der Waals surface area contributed by atoms with Crippen LogP contribution in [0.4, 0.5) is 11.4 Å². The summed E-state index contributed by atoms with van der Waals surface area (Å²) in [5.41, 5.74) is 2.41. The Bertz CT molecular complexity index is 1630. The minimum Gasteiger partial charge on any atom is -0.503 e. The van der Waals surface area contributed by atoms with Gasteiger partial charge in [0.25, 0.3) is 5.91 Å². The monoisotopic (exact) mass is 558 g/mol. The van der Waals surface area contributed by atoms with E-state index in [2.05, 4.69) is 21.8 Å².